The molecule has 2 aromatic carbocycles. The first kappa shape index (κ1) is 12.7. The Balaban J connectivity index is 1.84. The summed E-state index contributed by atoms with van der Waals surface area (Å²) >= 11 is 5.95. The second-order valence-electron chi connectivity index (χ2n) is 4.28. The number of hydrogen-bond donors (Lipinski definition) is 2. The number of aromatic nitrogens is 1. The van der Waals surface area contributed by atoms with Crippen LogP contribution in [0.15, 0.2) is 45.6 Å². The van der Waals surface area contributed by atoms with E-state index in [2.05, 4.69) is 10.3 Å². The molecule has 6 heteroatoms. The number of benzene rings is 2. The van der Waals surface area contributed by atoms with E-state index in [1.54, 1.807) is 30.3 Å². The Kier molecular flexibility index (Phi) is 3.20. The Bertz CT molecular complexity index is 805. The maximum atomic E-state index is 13.6. The molecule has 4 nitrogen and oxygen atoms in total. The van der Waals surface area contributed by atoms with Crippen LogP contribution in [0.4, 0.5) is 10.1 Å². The average Bonchev–Trinajstić information content (AvgIpc) is 2.77. The van der Waals surface area contributed by atoms with Gasteiger partial charge in [-0.3, -0.25) is 4.98 Å². The van der Waals surface area contributed by atoms with Crippen LogP contribution < -0.4 is 11.1 Å². The van der Waals surface area contributed by atoms with E-state index in [1.165, 1.54) is 6.07 Å². The topological polar surface area (TPSA) is 58.0 Å². The molecule has 20 heavy (non-hydrogen) atoms. The zero-order valence-electron chi connectivity index (χ0n) is 10.2. The normalized spacial score (nSPS) is 10.9. The van der Waals surface area contributed by atoms with Gasteiger partial charge in [-0.1, -0.05) is 17.7 Å². The number of H-pyrrole nitrogens is 1. The lowest BCUT2D eigenvalue weighted by Gasteiger charge is -2.08. The van der Waals surface area contributed by atoms with Crippen molar-refractivity contribution >= 4 is 28.4 Å². The highest BCUT2D eigenvalue weighted by Gasteiger charge is 2.07. The van der Waals surface area contributed by atoms with Crippen molar-refractivity contribution < 1.29 is 8.81 Å². The van der Waals surface area contributed by atoms with E-state index in [4.69, 9.17) is 16.0 Å². The third kappa shape index (κ3) is 2.40. The Hall–Kier alpha value is -2.27. The van der Waals surface area contributed by atoms with Gasteiger partial charge >= 0.3 is 5.76 Å². The number of anilines is 1. The fraction of sp³-hybridized carbons (Fsp3) is 0.0714. The number of fused-ring (bicyclic) bond motifs is 1. The smallest absolute Gasteiger partial charge is 0.408 e. The molecule has 0 saturated heterocycles. The summed E-state index contributed by atoms with van der Waals surface area (Å²) in [5.74, 6) is -0.864. The Morgan fingerprint density at radius 3 is 2.95 bits per heavy atom. The summed E-state index contributed by atoms with van der Waals surface area (Å²) in [4.78, 5) is 13.6. The van der Waals surface area contributed by atoms with Gasteiger partial charge in [0.25, 0.3) is 0 Å². The quantitative estimate of drug-likeness (QED) is 0.776. The van der Waals surface area contributed by atoms with E-state index in [0.29, 0.717) is 21.7 Å². The summed E-state index contributed by atoms with van der Waals surface area (Å²) in [7, 11) is 0. The van der Waals surface area contributed by atoms with Crippen LogP contribution in [0.25, 0.3) is 11.1 Å². The Morgan fingerprint density at radius 2 is 2.15 bits per heavy atom. The van der Waals surface area contributed by atoms with E-state index in [-0.39, 0.29) is 12.4 Å². The van der Waals surface area contributed by atoms with Gasteiger partial charge in [0, 0.05) is 22.8 Å². The predicted octanol–water partition coefficient (Wildman–Crippen LogP) is 3.53. The SMILES string of the molecule is O=c1[nH]c2cc(NCc3c(F)cccc3Cl)ccc2o1. The maximum Gasteiger partial charge on any atom is 0.417 e. The van der Waals surface area contributed by atoms with Crippen molar-refractivity contribution in [3.8, 4) is 0 Å². The third-order valence-corrected chi connectivity index (χ3v) is 3.30. The van der Waals surface area contributed by atoms with Gasteiger partial charge in [-0.15, -0.1) is 0 Å². The van der Waals surface area contributed by atoms with Gasteiger partial charge in [0.2, 0.25) is 0 Å². The second kappa shape index (κ2) is 5.02. The molecule has 1 heterocycles. The predicted molar refractivity (Wildman–Crippen MR) is 75.6 cm³/mol. The van der Waals surface area contributed by atoms with E-state index in [1.807, 2.05) is 0 Å². The van der Waals surface area contributed by atoms with Gasteiger partial charge in [-0.2, -0.15) is 0 Å². The molecule has 0 bridgehead atoms. The molecule has 0 atom stereocenters. The molecule has 0 saturated carbocycles. The number of aromatic amines is 1. The maximum absolute atomic E-state index is 13.6. The van der Waals surface area contributed by atoms with Crippen LogP contribution in [0, 0.1) is 5.82 Å². The van der Waals surface area contributed by atoms with Crippen molar-refractivity contribution in [3.63, 3.8) is 0 Å². The number of halogens is 2. The van der Waals surface area contributed by atoms with E-state index < -0.39 is 5.76 Å². The van der Waals surface area contributed by atoms with Gasteiger partial charge in [0.15, 0.2) is 5.58 Å². The molecule has 2 N–H and O–H groups in total. The number of rotatable bonds is 3. The second-order valence-corrected chi connectivity index (χ2v) is 4.69. The fourth-order valence-corrected chi connectivity index (χ4v) is 2.18. The standard InChI is InChI=1S/C14H10ClFN2O2/c15-10-2-1-3-11(16)9(10)7-17-8-4-5-13-12(6-8)18-14(19)20-13/h1-6,17H,7H2,(H,18,19). The fourth-order valence-electron chi connectivity index (χ4n) is 1.95. The minimum atomic E-state index is -0.505. The summed E-state index contributed by atoms with van der Waals surface area (Å²) in [6, 6.07) is 9.68. The summed E-state index contributed by atoms with van der Waals surface area (Å²) in [5, 5.41) is 3.43. The van der Waals surface area contributed by atoms with Gasteiger partial charge in [-0.05, 0) is 30.3 Å². The number of nitrogens with one attached hydrogen (secondary N) is 2. The molecule has 0 aliphatic heterocycles. The minimum Gasteiger partial charge on any atom is -0.408 e. The zero-order valence-corrected chi connectivity index (χ0v) is 11.0. The highest BCUT2D eigenvalue weighted by molar-refractivity contribution is 6.31. The molecule has 0 unspecified atom stereocenters. The molecule has 0 aliphatic rings. The van der Waals surface area contributed by atoms with Crippen LogP contribution in [0.2, 0.25) is 5.02 Å². The van der Waals surface area contributed by atoms with E-state index >= 15 is 0 Å². The Morgan fingerprint density at radius 1 is 1.30 bits per heavy atom. The summed E-state index contributed by atoms with van der Waals surface area (Å²) < 4.78 is 18.5. The lowest BCUT2D eigenvalue weighted by Crippen LogP contribution is -2.02. The van der Waals surface area contributed by atoms with Crippen molar-refractivity contribution in [2.75, 3.05) is 5.32 Å². The molecule has 3 rings (SSSR count). The molecular weight excluding hydrogens is 283 g/mol. The van der Waals surface area contributed by atoms with Gasteiger partial charge in [0.05, 0.1) is 5.52 Å². The van der Waals surface area contributed by atoms with Crippen LogP contribution in [-0.2, 0) is 6.54 Å². The van der Waals surface area contributed by atoms with Gasteiger partial charge in [0.1, 0.15) is 5.82 Å². The van der Waals surface area contributed by atoms with E-state index in [0.717, 1.165) is 5.69 Å². The van der Waals surface area contributed by atoms with Crippen molar-refractivity contribution in [1.82, 2.24) is 4.98 Å². The first-order valence-electron chi connectivity index (χ1n) is 5.93. The largest absolute Gasteiger partial charge is 0.417 e. The number of hydrogen-bond acceptors (Lipinski definition) is 3. The van der Waals surface area contributed by atoms with Crippen molar-refractivity contribution in [3.05, 3.63) is 63.4 Å². The van der Waals surface area contributed by atoms with Crippen LogP contribution in [0.5, 0.6) is 0 Å². The summed E-state index contributed by atoms with van der Waals surface area (Å²) in [6.45, 7) is 0.249. The monoisotopic (exact) mass is 292 g/mol. The van der Waals surface area contributed by atoms with E-state index in [9.17, 15) is 9.18 Å². The lowest BCUT2D eigenvalue weighted by molar-refractivity contribution is 0.555. The number of oxazole rings is 1. The molecule has 1 aromatic heterocycles. The molecule has 0 radical (unpaired) electrons. The Labute approximate surface area is 118 Å². The van der Waals surface area contributed by atoms with Crippen LogP contribution in [-0.4, -0.2) is 4.98 Å². The van der Waals surface area contributed by atoms with Gasteiger partial charge in [-0.25, -0.2) is 9.18 Å². The first-order valence-corrected chi connectivity index (χ1v) is 6.31. The van der Waals surface area contributed by atoms with Crippen LogP contribution >= 0.6 is 11.6 Å². The summed E-state index contributed by atoms with van der Waals surface area (Å²) in [5.41, 5.74) is 2.19. The molecular formula is C14H10ClFN2O2. The van der Waals surface area contributed by atoms with Crippen molar-refractivity contribution in [1.29, 1.82) is 0 Å². The summed E-state index contributed by atoms with van der Waals surface area (Å²) in [6.07, 6.45) is 0. The van der Waals surface area contributed by atoms with Crippen molar-refractivity contribution in [2.45, 2.75) is 6.54 Å². The molecule has 0 aliphatic carbocycles. The molecule has 0 amide bonds. The van der Waals surface area contributed by atoms with Gasteiger partial charge < -0.3 is 9.73 Å². The molecule has 3 aromatic rings. The zero-order chi connectivity index (χ0) is 14.1. The van der Waals surface area contributed by atoms with Crippen molar-refractivity contribution in [2.24, 2.45) is 0 Å². The third-order valence-electron chi connectivity index (χ3n) is 2.95. The average molecular weight is 293 g/mol. The minimum absolute atomic E-state index is 0.249. The van der Waals surface area contributed by atoms with Crippen LogP contribution in [0.3, 0.4) is 0 Å². The highest BCUT2D eigenvalue weighted by Crippen LogP contribution is 2.21. The highest BCUT2D eigenvalue weighted by atomic mass is 35.5. The molecule has 0 spiro atoms. The molecule has 102 valence electrons. The lowest BCUT2D eigenvalue weighted by atomic mass is 10.2. The first-order chi connectivity index (χ1) is 9.63. The van der Waals surface area contributed by atoms with Crippen LogP contribution in [0.1, 0.15) is 5.56 Å². The molecule has 0 fully saturated rings.